The molecule has 6 nitrogen and oxygen atoms in total. The molecule has 1 aromatic carbocycles. The van der Waals surface area contributed by atoms with Gasteiger partial charge in [0.2, 0.25) is 5.95 Å². The number of hydrogen-bond acceptors (Lipinski definition) is 6. The van der Waals surface area contributed by atoms with Gasteiger partial charge in [0, 0.05) is 17.6 Å². The Hall–Kier alpha value is -1.96. The summed E-state index contributed by atoms with van der Waals surface area (Å²) < 4.78 is 24.5. The Balaban J connectivity index is 2.29. The van der Waals surface area contributed by atoms with Crippen LogP contribution in [0.2, 0.25) is 0 Å². The summed E-state index contributed by atoms with van der Waals surface area (Å²) in [6.45, 7) is 2.23. The second-order valence-electron chi connectivity index (χ2n) is 3.61. The van der Waals surface area contributed by atoms with Crippen molar-refractivity contribution in [2.24, 2.45) is 0 Å². The van der Waals surface area contributed by atoms with E-state index in [4.69, 9.17) is 9.47 Å². The van der Waals surface area contributed by atoms with Crippen molar-refractivity contribution in [3.63, 3.8) is 0 Å². The SMILES string of the molecule is CCOc1nc(NC)nc(Oc2cc(F)cc(Br)c2)n1. The number of aromatic nitrogens is 3. The van der Waals surface area contributed by atoms with Gasteiger partial charge in [-0.2, -0.15) is 9.97 Å². The van der Waals surface area contributed by atoms with Crippen LogP contribution in [0.4, 0.5) is 10.3 Å². The first-order chi connectivity index (χ1) is 9.60. The predicted molar refractivity (Wildman–Crippen MR) is 74.7 cm³/mol. The fraction of sp³-hybridized carbons (Fsp3) is 0.250. The van der Waals surface area contributed by atoms with E-state index in [0.717, 1.165) is 0 Å². The highest BCUT2D eigenvalue weighted by Crippen LogP contribution is 2.25. The van der Waals surface area contributed by atoms with E-state index in [1.807, 2.05) is 6.92 Å². The Kier molecular flexibility index (Phi) is 4.67. The molecule has 1 aromatic heterocycles. The zero-order valence-corrected chi connectivity index (χ0v) is 12.4. The van der Waals surface area contributed by atoms with Gasteiger partial charge in [-0.1, -0.05) is 15.9 Å². The first kappa shape index (κ1) is 14.4. The average Bonchev–Trinajstić information content (AvgIpc) is 2.37. The number of anilines is 1. The molecule has 106 valence electrons. The Bertz CT molecular complexity index is 592. The molecule has 0 spiro atoms. The normalized spacial score (nSPS) is 10.2. The van der Waals surface area contributed by atoms with Gasteiger partial charge >= 0.3 is 12.0 Å². The topological polar surface area (TPSA) is 69.2 Å². The minimum absolute atomic E-state index is 0.0188. The summed E-state index contributed by atoms with van der Waals surface area (Å²) in [4.78, 5) is 12.0. The lowest BCUT2D eigenvalue weighted by Crippen LogP contribution is -2.05. The van der Waals surface area contributed by atoms with E-state index >= 15 is 0 Å². The number of ether oxygens (including phenoxy) is 2. The van der Waals surface area contributed by atoms with Crippen LogP contribution in [0, 0.1) is 5.82 Å². The van der Waals surface area contributed by atoms with Gasteiger partial charge < -0.3 is 14.8 Å². The second kappa shape index (κ2) is 6.47. The third-order valence-electron chi connectivity index (χ3n) is 2.14. The summed E-state index contributed by atoms with van der Waals surface area (Å²) in [6, 6.07) is 4.31. The molecule has 0 radical (unpaired) electrons. The molecule has 2 rings (SSSR count). The largest absolute Gasteiger partial charge is 0.464 e. The summed E-state index contributed by atoms with van der Waals surface area (Å²) in [5.74, 6) is 0.142. The molecule has 20 heavy (non-hydrogen) atoms. The van der Waals surface area contributed by atoms with E-state index in [0.29, 0.717) is 17.0 Å². The molecular weight excluding hydrogens is 331 g/mol. The lowest BCUT2D eigenvalue weighted by molar-refractivity contribution is 0.304. The molecule has 0 bridgehead atoms. The van der Waals surface area contributed by atoms with E-state index in [9.17, 15) is 4.39 Å². The van der Waals surface area contributed by atoms with Gasteiger partial charge in [-0.15, -0.1) is 4.98 Å². The van der Waals surface area contributed by atoms with Gasteiger partial charge in [0.15, 0.2) is 0 Å². The van der Waals surface area contributed by atoms with Gasteiger partial charge in [0.05, 0.1) is 6.61 Å². The number of halogens is 2. The van der Waals surface area contributed by atoms with Gasteiger partial charge in [0.1, 0.15) is 11.6 Å². The molecule has 0 saturated heterocycles. The smallest absolute Gasteiger partial charge is 0.330 e. The molecule has 8 heteroatoms. The minimum atomic E-state index is -0.428. The average molecular weight is 343 g/mol. The molecule has 0 aliphatic rings. The van der Waals surface area contributed by atoms with Crippen LogP contribution in [0.1, 0.15) is 6.92 Å². The van der Waals surface area contributed by atoms with Crippen LogP contribution < -0.4 is 14.8 Å². The van der Waals surface area contributed by atoms with Gasteiger partial charge in [-0.05, 0) is 19.1 Å². The Morgan fingerprint density at radius 2 is 1.95 bits per heavy atom. The number of hydrogen-bond donors (Lipinski definition) is 1. The fourth-order valence-electron chi connectivity index (χ4n) is 1.38. The monoisotopic (exact) mass is 342 g/mol. The number of benzene rings is 1. The quantitative estimate of drug-likeness (QED) is 0.900. The molecule has 0 fully saturated rings. The maximum atomic E-state index is 13.3. The van der Waals surface area contributed by atoms with E-state index in [2.05, 4.69) is 36.2 Å². The van der Waals surface area contributed by atoms with Gasteiger partial charge in [0.25, 0.3) is 0 Å². The third kappa shape index (κ3) is 3.77. The summed E-state index contributed by atoms with van der Waals surface area (Å²) in [5.41, 5.74) is 0. The zero-order chi connectivity index (χ0) is 14.5. The van der Waals surface area contributed by atoms with Crippen molar-refractivity contribution >= 4 is 21.9 Å². The van der Waals surface area contributed by atoms with Gasteiger partial charge in [-0.3, -0.25) is 0 Å². The first-order valence-corrected chi connectivity index (χ1v) is 6.60. The maximum absolute atomic E-state index is 13.3. The zero-order valence-electron chi connectivity index (χ0n) is 10.9. The molecule has 0 unspecified atom stereocenters. The van der Waals surface area contributed by atoms with Crippen molar-refractivity contribution < 1.29 is 13.9 Å². The molecule has 2 aromatic rings. The van der Waals surface area contributed by atoms with Crippen LogP contribution in [0.3, 0.4) is 0 Å². The van der Waals surface area contributed by atoms with E-state index in [1.165, 1.54) is 12.1 Å². The van der Waals surface area contributed by atoms with Crippen molar-refractivity contribution in [1.82, 2.24) is 15.0 Å². The summed E-state index contributed by atoms with van der Waals surface area (Å²) in [6.07, 6.45) is 0. The van der Waals surface area contributed by atoms with Crippen LogP contribution >= 0.6 is 15.9 Å². The maximum Gasteiger partial charge on any atom is 0.330 e. The fourth-order valence-corrected chi connectivity index (χ4v) is 1.83. The van der Waals surface area contributed by atoms with Crippen LogP contribution in [0.25, 0.3) is 0 Å². The van der Waals surface area contributed by atoms with Crippen molar-refractivity contribution in [3.8, 4) is 17.8 Å². The standard InChI is InChI=1S/C12H12BrFN4O2/c1-3-19-11-16-10(15-2)17-12(18-11)20-9-5-7(13)4-8(14)6-9/h4-6H,3H2,1-2H3,(H,15,16,17,18). The third-order valence-corrected chi connectivity index (χ3v) is 2.59. The van der Waals surface area contributed by atoms with E-state index in [-0.39, 0.29) is 17.8 Å². The minimum Gasteiger partial charge on any atom is -0.464 e. The molecule has 0 saturated carbocycles. The molecule has 0 atom stereocenters. The highest BCUT2D eigenvalue weighted by Gasteiger charge is 2.09. The van der Waals surface area contributed by atoms with Crippen molar-refractivity contribution in [3.05, 3.63) is 28.5 Å². The van der Waals surface area contributed by atoms with Gasteiger partial charge in [-0.25, -0.2) is 4.39 Å². The molecule has 1 heterocycles. The van der Waals surface area contributed by atoms with Crippen molar-refractivity contribution in [2.45, 2.75) is 6.92 Å². The Labute approximate surface area is 123 Å². The molecule has 0 aliphatic heterocycles. The lowest BCUT2D eigenvalue weighted by Gasteiger charge is -2.08. The van der Waals surface area contributed by atoms with E-state index in [1.54, 1.807) is 13.1 Å². The van der Waals surface area contributed by atoms with Crippen LogP contribution in [-0.2, 0) is 0 Å². The van der Waals surface area contributed by atoms with Crippen molar-refractivity contribution in [1.29, 1.82) is 0 Å². The number of nitrogens with zero attached hydrogens (tertiary/aromatic N) is 3. The van der Waals surface area contributed by atoms with Crippen molar-refractivity contribution in [2.75, 3.05) is 19.0 Å². The summed E-state index contributed by atoms with van der Waals surface area (Å²) >= 11 is 3.18. The molecule has 0 aliphatic carbocycles. The highest BCUT2D eigenvalue weighted by molar-refractivity contribution is 9.10. The summed E-state index contributed by atoms with van der Waals surface area (Å²) in [7, 11) is 1.66. The molecule has 1 N–H and O–H groups in total. The van der Waals surface area contributed by atoms with Crippen LogP contribution in [-0.4, -0.2) is 28.6 Å². The first-order valence-electron chi connectivity index (χ1n) is 5.81. The second-order valence-corrected chi connectivity index (χ2v) is 4.53. The number of nitrogens with one attached hydrogen (secondary N) is 1. The molecular formula is C12H12BrFN4O2. The number of rotatable bonds is 5. The lowest BCUT2D eigenvalue weighted by atomic mass is 10.3. The highest BCUT2D eigenvalue weighted by atomic mass is 79.9. The Morgan fingerprint density at radius 1 is 1.20 bits per heavy atom. The van der Waals surface area contributed by atoms with E-state index < -0.39 is 5.82 Å². The Morgan fingerprint density at radius 3 is 2.60 bits per heavy atom. The summed E-state index contributed by atoms with van der Waals surface area (Å²) in [5, 5.41) is 2.77. The van der Waals surface area contributed by atoms with Crippen LogP contribution in [0.15, 0.2) is 22.7 Å². The van der Waals surface area contributed by atoms with Crippen LogP contribution in [0.5, 0.6) is 17.8 Å². The predicted octanol–water partition coefficient (Wildman–Crippen LogP) is 3.01. The molecule has 0 amide bonds.